The first-order chi connectivity index (χ1) is 13.7. The zero-order valence-corrected chi connectivity index (χ0v) is 16.7. The predicted octanol–water partition coefficient (Wildman–Crippen LogP) is 4.55. The average Bonchev–Trinajstić information content (AvgIpc) is 2.66. The van der Waals surface area contributed by atoms with Crippen molar-refractivity contribution in [3.63, 3.8) is 0 Å². The number of sulfonamides is 1. The van der Waals surface area contributed by atoms with E-state index in [1.54, 1.807) is 19.1 Å². The fourth-order valence-corrected chi connectivity index (χ4v) is 3.80. The zero-order chi connectivity index (χ0) is 21.2. The summed E-state index contributed by atoms with van der Waals surface area (Å²) in [5.74, 6) is -1.23. The third-order valence-electron chi connectivity index (χ3n) is 4.00. The van der Waals surface area contributed by atoms with Crippen molar-refractivity contribution in [2.45, 2.75) is 11.8 Å². The predicted molar refractivity (Wildman–Crippen MR) is 109 cm³/mol. The number of nitrogens with one attached hydrogen (secondary N) is 2. The van der Waals surface area contributed by atoms with Gasteiger partial charge in [0.2, 0.25) is 0 Å². The third kappa shape index (κ3) is 4.85. The minimum Gasteiger partial charge on any atom is -0.506 e. The highest BCUT2D eigenvalue weighted by Gasteiger charge is 2.18. The Morgan fingerprint density at radius 2 is 1.69 bits per heavy atom. The maximum Gasteiger partial charge on any atom is 0.261 e. The molecule has 0 atom stereocenters. The monoisotopic (exact) mass is 434 g/mol. The second-order valence-corrected chi connectivity index (χ2v) is 8.32. The molecule has 0 saturated heterocycles. The molecule has 0 unspecified atom stereocenters. The molecule has 3 N–H and O–H groups in total. The van der Waals surface area contributed by atoms with Crippen molar-refractivity contribution in [3.05, 3.63) is 82.6 Å². The van der Waals surface area contributed by atoms with Crippen LogP contribution in [0.15, 0.2) is 65.6 Å². The smallest absolute Gasteiger partial charge is 0.261 e. The summed E-state index contributed by atoms with van der Waals surface area (Å²) >= 11 is 6.06. The number of phenols is 1. The molecule has 1 amide bonds. The number of rotatable bonds is 5. The van der Waals surface area contributed by atoms with E-state index in [1.165, 1.54) is 24.3 Å². The standard InChI is InChI=1S/C20H16ClFN2O4S/c1-12-2-9-17(19(25)10-12)23-20(26)13-3-8-16(21)18(11-13)24-29(27,28)15-6-4-14(22)5-7-15/h2-11,24-25H,1H3,(H,23,26). The third-order valence-corrected chi connectivity index (χ3v) is 5.71. The van der Waals surface area contributed by atoms with Gasteiger partial charge in [0.1, 0.15) is 11.6 Å². The molecule has 0 heterocycles. The van der Waals surface area contributed by atoms with Gasteiger partial charge in [0.05, 0.1) is 21.3 Å². The summed E-state index contributed by atoms with van der Waals surface area (Å²) in [6.45, 7) is 1.80. The topological polar surface area (TPSA) is 95.5 Å². The Bertz CT molecular complexity index is 1180. The number of benzene rings is 3. The van der Waals surface area contributed by atoms with E-state index in [0.717, 1.165) is 29.8 Å². The van der Waals surface area contributed by atoms with Gasteiger partial charge in [-0.2, -0.15) is 0 Å². The highest BCUT2D eigenvalue weighted by molar-refractivity contribution is 7.92. The van der Waals surface area contributed by atoms with Crippen LogP contribution in [0.1, 0.15) is 15.9 Å². The van der Waals surface area contributed by atoms with Gasteiger partial charge in [0.15, 0.2) is 0 Å². The number of amides is 1. The number of carbonyl (C=O) groups excluding carboxylic acids is 1. The summed E-state index contributed by atoms with van der Waals surface area (Å²) in [5, 5.41) is 12.6. The van der Waals surface area contributed by atoms with Gasteiger partial charge in [-0.3, -0.25) is 9.52 Å². The second kappa shape index (κ2) is 8.10. The van der Waals surface area contributed by atoms with Crippen molar-refractivity contribution in [2.75, 3.05) is 10.0 Å². The molecule has 3 aromatic rings. The molecule has 0 aliphatic carbocycles. The van der Waals surface area contributed by atoms with E-state index in [2.05, 4.69) is 10.0 Å². The lowest BCUT2D eigenvalue weighted by Gasteiger charge is -2.12. The lowest BCUT2D eigenvalue weighted by molar-refractivity contribution is 0.102. The van der Waals surface area contributed by atoms with Crippen LogP contribution in [0.4, 0.5) is 15.8 Å². The summed E-state index contributed by atoms with van der Waals surface area (Å²) in [6, 6.07) is 13.1. The summed E-state index contributed by atoms with van der Waals surface area (Å²) in [5.41, 5.74) is 1.14. The average molecular weight is 435 g/mol. The normalized spacial score (nSPS) is 11.1. The molecule has 0 fully saturated rings. The quantitative estimate of drug-likeness (QED) is 0.513. The van der Waals surface area contributed by atoms with Gasteiger partial charge in [-0.1, -0.05) is 17.7 Å². The van der Waals surface area contributed by atoms with Crippen molar-refractivity contribution in [1.29, 1.82) is 0 Å². The number of anilines is 2. The van der Waals surface area contributed by atoms with Crippen molar-refractivity contribution >= 4 is 38.9 Å². The Hall–Kier alpha value is -3.10. The van der Waals surface area contributed by atoms with Crippen molar-refractivity contribution in [1.82, 2.24) is 0 Å². The van der Waals surface area contributed by atoms with Crippen LogP contribution in [0.25, 0.3) is 0 Å². The molecule has 0 aromatic heterocycles. The maximum absolute atomic E-state index is 13.0. The molecule has 29 heavy (non-hydrogen) atoms. The Kier molecular flexibility index (Phi) is 5.76. The molecule has 0 spiro atoms. The summed E-state index contributed by atoms with van der Waals surface area (Å²) in [7, 11) is -4.04. The first-order valence-corrected chi connectivity index (χ1v) is 10.2. The number of halogens is 2. The van der Waals surface area contributed by atoms with Gasteiger partial charge in [0.25, 0.3) is 15.9 Å². The first-order valence-electron chi connectivity index (χ1n) is 8.34. The lowest BCUT2D eigenvalue weighted by atomic mass is 10.1. The van der Waals surface area contributed by atoms with E-state index in [4.69, 9.17) is 11.6 Å². The Morgan fingerprint density at radius 3 is 2.34 bits per heavy atom. The maximum atomic E-state index is 13.0. The molecule has 0 bridgehead atoms. The highest BCUT2D eigenvalue weighted by Crippen LogP contribution is 2.28. The second-order valence-electron chi connectivity index (χ2n) is 6.23. The summed E-state index contributed by atoms with van der Waals surface area (Å²) < 4.78 is 40.3. The largest absolute Gasteiger partial charge is 0.506 e. The van der Waals surface area contributed by atoms with Crippen LogP contribution < -0.4 is 10.0 Å². The van der Waals surface area contributed by atoms with Gasteiger partial charge >= 0.3 is 0 Å². The van der Waals surface area contributed by atoms with E-state index in [0.29, 0.717) is 0 Å². The fourth-order valence-electron chi connectivity index (χ4n) is 2.50. The summed E-state index contributed by atoms with van der Waals surface area (Å²) in [6.07, 6.45) is 0. The van der Waals surface area contributed by atoms with Gasteiger partial charge < -0.3 is 10.4 Å². The molecule has 3 aromatic carbocycles. The SMILES string of the molecule is Cc1ccc(NC(=O)c2ccc(Cl)c(NS(=O)(=O)c3ccc(F)cc3)c2)c(O)c1. The number of aryl methyl sites for hydroxylation is 1. The Morgan fingerprint density at radius 1 is 1.00 bits per heavy atom. The highest BCUT2D eigenvalue weighted by atomic mass is 35.5. The Labute approximate surface area is 172 Å². The van der Waals surface area contributed by atoms with Gasteiger partial charge in [-0.25, -0.2) is 12.8 Å². The fraction of sp³-hybridized carbons (Fsp3) is 0.0500. The molecule has 0 radical (unpaired) electrons. The molecule has 150 valence electrons. The van der Waals surface area contributed by atoms with Crippen LogP contribution >= 0.6 is 11.6 Å². The van der Waals surface area contributed by atoms with Gasteiger partial charge in [-0.05, 0) is 67.1 Å². The number of aromatic hydroxyl groups is 1. The molecule has 6 nitrogen and oxygen atoms in total. The molecule has 0 saturated carbocycles. The van der Waals surface area contributed by atoms with Crippen LogP contribution in [-0.4, -0.2) is 19.4 Å². The van der Waals surface area contributed by atoms with Crippen LogP contribution in [0.3, 0.4) is 0 Å². The van der Waals surface area contributed by atoms with E-state index in [9.17, 15) is 22.7 Å². The van der Waals surface area contributed by atoms with Crippen LogP contribution in [0.5, 0.6) is 5.75 Å². The number of carbonyl (C=O) groups is 1. The van der Waals surface area contributed by atoms with E-state index >= 15 is 0 Å². The van der Waals surface area contributed by atoms with Crippen LogP contribution in [0, 0.1) is 12.7 Å². The number of phenolic OH excluding ortho intramolecular Hbond substituents is 1. The zero-order valence-electron chi connectivity index (χ0n) is 15.1. The van der Waals surface area contributed by atoms with Gasteiger partial charge in [-0.15, -0.1) is 0 Å². The van der Waals surface area contributed by atoms with E-state index < -0.39 is 21.7 Å². The van der Waals surface area contributed by atoms with Crippen LogP contribution in [-0.2, 0) is 10.0 Å². The lowest BCUT2D eigenvalue weighted by Crippen LogP contribution is -2.15. The van der Waals surface area contributed by atoms with Crippen molar-refractivity contribution < 1.29 is 22.7 Å². The Balaban J connectivity index is 1.85. The molecule has 3 rings (SSSR count). The number of hydrogen-bond donors (Lipinski definition) is 3. The molecule has 0 aliphatic heterocycles. The summed E-state index contributed by atoms with van der Waals surface area (Å²) in [4.78, 5) is 12.3. The van der Waals surface area contributed by atoms with E-state index in [1.807, 2.05) is 0 Å². The van der Waals surface area contributed by atoms with Crippen molar-refractivity contribution in [3.8, 4) is 5.75 Å². The number of hydrogen-bond acceptors (Lipinski definition) is 4. The first kappa shape index (κ1) is 20.6. The molecular formula is C20H16ClFN2O4S. The van der Waals surface area contributed by atoms with Crippen LogP contribution in [0.2, 0.25) is 5.02 Å². The minimum atomic E-state index is -4.04. The molecular weight excluding hydrogens is 419 g/mol. The molecule has 0 aliphatic rings. The minimum absolute atomic E-state index is 0.0169. The van der Waals surface area contributed by atoms with E-state index in [-0.39, 0.29) is 32.6 Å². The van der Waals surface area contributed by atoms with Gasteiger partial charge in [0, 0.05) is 5.56 Å². The van der Waals surface area contributed by atoms with Crippen molar-refractivity contribution in [2.24, 2.45) is 0 Å². The molecule has 9 heteroatoms.